The molecule has 102 valence electrons. The molecule has 0 aliphatic carbocycles. The summed E-state index contributed by atoms with van der Waals surface area (Å²) < 4.78 is 15.9. The van der Waals surface area contributed by atoms with Crippen molar-refractivity contribution in [2.24, 2.45) is 5.73 Å². The first-order chi connectivity index (χ1) is 8.19. The van der Waals surface area contributed by atoms with Gasteiger partial charge in [0.05, 0.1) is 14.2 Å². The van der Waals surface area contributed by atoms with Crippen molar-refractivity contribution in [1.29, 1.82) is 0 Å². The van der Waals surface area contributed by atoms with Gasteiger partial charge in [0.1, 0.15) is 0 Å². The topological polar surface area (TPSA) is 53.7 Å². The van der Waals surface area contributed by atoms with E-state index in [0.29, 0.717) is 13.2 Å². The van der Waals surface area contributed by atoms with E-state index < -0.39 is 0 Å². The minimum absolute atomic E-state index is 0. The molecule has 0 spiro atoms. The van der Waals surface area contributed by atoms with E-state index in [2.05, 4.69) is 0 Å². The molecule has 18 heavy (non-hydrogen) atoms. The van der Waals surface area contributed by atoms with E-state index in [-0.39, 0.29) is 17.9 Å². The summed E-state index contributed by atoms with van der Waals surface area (Å²) in [7, 11) is 3.26. The molecule has 1 saturated heterocycles. The fraction of sp³-hybridized carbons (Fsp3) is 0.538. The van der Waals surface area contributed by atoms with Crippen LogP contribution in [0.4, 0.5) is 0 Å². The molecular weight excluding hydrogens is 254 g/mol. The first-order valence-electron chi connectivity index (χ1n) is 5.79. The lowest BCUT2D eigenvalue weighted by atomic mass is 9.84. The molecule has 1 aromatic carbocycles. The predicted molar refractivity (Wildman–Crippen MR) is 72.7 cm³/mol. The molecule has 1 fully saturated rings. The van der Waals surface area contributed by atoms with Crippen molar-refractivity contribution in [3.63, 3.8) is 0 Å². The molecule has 1 heterocycles. The van der Waals surface area contributed by atoms with Gasteiger partial charge in [0, 0.05) is 18.8 Å². The van der Waals surface area contributed by atoms with Gasteiger partial charge in [-0.1, -0.05) is 6.07 Å². The number of halogens is 1. The summed E-state index contributed by atoms with van der Waals surface area (Å²) in [5.74, 6) is 1.45. The fourth-order valence-electron chi connectivity index (χ4n) is 2.17. The molecule has 0 amide bonds. The van der Waals surface area contributed by atoms with Crippen LogP contribution in [0.2, 0.25) is 0 Å². The smallest absolute Gasteiger partial charge is 0.161 e. The lowest BCUT2D eigenvalue weighted by Gasteiger charge is -2.34. The van der Waals surface area contributed by atoms with E-state index in [1.165, 1.54) is 0 Å². The van der Waals surface area contributed by atoms with Gasteiger partial charge in [0.15, 0.2) is 11.5 Å². The van der Waals surface area contributed by atoms with Gasteiger partial charge < -0.3 is 19.9 Å². The Morgan fingerprint density at radius 3 is 2.28 bits per heavy atom. The van der Waals surface area contributed by atoms with Gasteiger partial charge in [-0.15, -0.1) is 12.4 Å². The zero-order chi connectivity index (χ0) is 12.3. The maximum atomic E-state index is 6.42. The largest absolute Gasteiger partial charge is 0.493 e. The number of ether oxygens (including phenoxy) is 3. The molecule has 5 heteroatoms. The Morgan fingerprint density at radius 2 is 1.72 bits per heavy atom. The molecule has 0 aromatic heterocycles. The van der Waals surface area contributed by atoms with E-state index >= 15 is 0 Å². The quantitative estimate of drug-likeness (QED) is 0.916. The number of methoxy groups -OCH3 is 2. The molecule has 1 aliphatic rings. The minimum Gasteiger partial charge on any atom is -0.493 e. The zero-order valence-electron chi connectivity index (χ0n) is 10.8. The van der Waals surface area contributed by atoms with Gasteiger partial charge in [-0.2, -0.15) is 0 Å². The predicted octanol–water partition coefficient (Wildman–Crippen LogP) is 2.09. The molecule has 0 saturated carbocycles. The van der Waals surface area contributed by atoms with Crippen molar-refractivity contribution in [2.45, 2.75) is 18.4 Å². The highest BCUT2D eigenvalue weighted by atomic mass is 35.5. The highest BCUT2D eigenvalue weighted by Crippen LogP contribution is 2.35. The third-order valence-electron chi connectivity index (χ3n) is 3.34. The summed E-state index contributed by atoms with van der Waals surface area (Å²) in [5, 5.41) is 0. The van der Waals surface area contributed by atoms with Crippen LogP contribution in [0.1, 0.15) is 18.4 Å². The molecule has 4 nitrogen and oxygen atoms in total. The number of benzene rings is 1. The van der Waals surface area contributed by atoms with Crippen molar-refractivity contribution in [1.82, 2.24) is 0 Å². The van der Waals surface area contributed by atoms with Crippen molar-refractivity contribution in [3.8, 4) is 11.5 Å². The SMILES string of the molecule is COc1ccc(C2(N)CCOCC2)cc1OC.Cl. The number of nitrogens with two attached hydrogens (primary N) is 1. The van der Waals surface area contributed by atoms with Crippen LogP contribution in [-0.4, -0.2) is 27.4 Å². The van der Waals surface area contributed by atoms with Crippen LogP contribution < -0.4 is 15.2 Å². The Labute approximate surface area is 114 Å². The molecule has 1 aromatic rings. The van der Waals surface area contributed by atoms with E-state index in [1.54, 1.807) is 14.2 Å². The molecule has 2 N–H and O–H groups in total. The van der Waals surface area contributed by atoms with Crippen LogP contribution in [0.5, 0.6) is 11.5 Å². The van der Waals surface area contributed by atoms with Crippen LogP contribution in [-0.2, 0) is 10.3 Å². The third kappa shape index (κ3) is 2.88. The monoisotopic (exact) mass is 273 g/mol. The number of hydrogen-bond donors (Lipinski definition) is 1. The van der Waals surface area contributed by atoms with Crippen molar-refractivity contribution >= 4 is 12.4 Å². The maximum Gasteiger partial charge on any atom is 0.161 e. The Bertz CT molecular complexity index is 392. The van der Waals surface area contributed by atoms with Gasteiger partial charge in [0.2, 0.25) is 0 Å². The summed E-state index contributed by atoms with van der Waals surface area (Å²) in [5.41, 5.74) is 7.19. The fourth-order valence-corrected chi connectivity index (χ4v) is 2.17. The first-order valence-corrected chi connectivity index (χ1v) is 5.79. The van der Waals surface area contributed by atoms with Crippen LogP contribution in [0.25, 0.3) is 0 Å². The summed E-state index contributed by atoms with van der Waals surface area (Å²) in [6.45, 7) is 1.43. The van der Waals surface area contributed by atoms with E-state index in [9.17, 15) is 0 Å². The molecular formula is C13H20ClNO3. The molecule has 1 aliphatic heterocycles. The average Bonchev–Trinajstić information content (AvgIpc) is 2.38. The Balaban J connectivity index is 0.00000162. The van der Waals surface area contributed by atoms with Gasteiger partial charge in [-0.25, -0.2) is 0 Å². The lowest BCUT2D eigenvalue weighted by Crippen LogP contribution is -2.42. The van der Waals surface area contributed by atoms with Crippen molar-refractivity contribution in [3.05, 3.63) is 23.8 Å². The van der Waals surface area contributed by atoms with Gasteiger partial charge in [0.25, 0.3) is 0 Å². The summed E-state index contributed by atoms with van der Waals surface area (Å²) in [4.78, 5) is 0. The van der Waals surface area contributed by atoms with E-state index in [1.807, 2.05) is 18.2 Å². The third-order valence-corrected chi connectivity index (χ3v) is 3.34. The summed E-state index contributed by atoms with van der Waals surface area (Å²) >= 11 is 0. The molecule has 0 atom stereocenters. The Morgan fingerprint density at radius 1 is 1.11 bits per heavy atom. The summed E-state index contributed by atoms with van der Waals surface area (Å²) in [6, 6.07) is 5.87. The van der Waals surface area contributed by atoms with Gasteiger partial charge in [-0.3, -0.25) is 0 Å². The minimum atomic E-state index is -0.308. The van der Waals surface area contributed by atoms with Crippen LogP contribution >= 0.6 is 12.4 Å². The Kier molecular flexibility index (Phi) is 5.26. The van der Waals surface area contributed by atoms with Gasteiger partial charge in [-0.05, 0) is 30.5 Å². The standard InChI is InChI=1S/C13H19NO3.ClH/c1-15-11-4-3-10(9-12(11)16-2)13(14)5-7-17-8-6-13;/h3-4,9H,5-8,14H2,1-2H3;1H. The van der Waals surface area contributed by atoms with E-state index in [0.717, 1.165) is 29.9 Å². The molecule has 0 radical (unpaired) electrons. The highest BCUT2D eigenvalue weighted by Gasteiger charge is 2.30. The first kappa shape index (κ1) is 15.1. The molecule has 0 bridgehead atoms. The second-order valence-corrected chi connectivity index (χ2v) is 4.34. The Hall–Kier alpha value is -0.970. The normalized spacial score (nSPS) is 17.7. The number of rotatable bonds is 3. The highest BCUT2D eigenvalue weighted by molar-refractivity contribution is 5.85. The maximum absolute atomic E-state index is 6.42. The number of hydrogen-bond acceptors (Lipinski definition) is 4. The van der Waals surface area contributed by atoms with Gasteiger partial charge >= 0.3 is 0 Å². The van der Waals surface area contributed by atoms with Crippen LogP contribution in [0, 0.1) is 0 Å². The van der Waals surface area contributed by atoms with Crippen LogP contribution in [0.3, 0.4) is 0 Å². The van der Waals surface area contributed by atoms with Crippen molar-refractivity contribution in [2.75, 3.05) is 27.4 Å². The average molecular weight is 274 g/mol. The zero-order valence-corrected chi connectivity index (χ0v) is 11.6. The second kappa shape index (κ2) is 6.27. The van der Waals surface area contributed by atoms with Crippen LogP contribution in [0.15, 0.2) is 18.2 Å². The molecule has 2 rings (SSSR count). The second-order valence-electron chi connectivity index (χ2n) is 4.34. The van der Waals surface area contributed by atoms with E-state index in [4.69, 9.17) is 19.9 Å². The van der Waals surface area contributed by atoms with Crippen molar-refractivity contribution < 1.29 is 14.2 Å². The lowest BCUT2D eigenvalue weighted by molar-refractivity contribution is 0.0521. The summed E-state index contributed by atoms with van der Waals surface area (Å²) in [6.07, 6.45) is 1.67. The molecule has 0 unspecified atom stereocenters.